The molecule has 0 fully saturated rings. The van der Waals surface area contributed by atoms with E-state index in [1.54, 1.807) is 11.8 Å². The Morgan fingerprint density at radius 3 is 2.81 bits per heavy atom. The van der Waals surface area contributed by atoms with Gasteiger partial charge >= 0.3 is 0 Å². The molecule has 0 radical (unpaired) electrons. The second-order valence-corrected chi connectivity index (χ2v) is 3.78. The molecule has 0 aromatic carbocycles. The molecule has 1 rings (SSSR count). The summed E-state index contributed by atoms with van der Waals surface area (Å²) in [6.45, 7) is 2.08. The molecular formula is C10H17N5O. The van der Waals surface area contributed by atoms with E-state index in [2.05, 4.69) is 21.3 Å². The number of likely N-dealkylation sites (N-methyl/N-ethyl adjacent to an activating group) is 1. The first-order valence-electron chi connectivity index (χ1n) is 5.11. The molecule has 0 N–H and O–H groups in total. The monoisotopic (exact) mass is 223 g/mol. The third-order valence-corrected chi connectivity index (χ3v) is 2.20. The maximum atomic E-state index is 8.66. The van der Waals surface area contributed by atoms with Crippen LogP contribution in [-0.4, -0.2) is 47.6 Å². The summed E-state index contributed by atoms with van der Waals surface area (Å²) in [5, 5.41) is 16.7. The minimum absolute atomic E-state index is 0.278. The van der Waals surface area contributed by atoms with Crippen LogP contribution < -0.4 is 0 Å². The van der Waals surface area contributed by atoms with Crippen LogP contribution in [0.25, 0.3) is 0 Å². The van der Waals surface area contributed by atoms with Gasteiger partial charge in [0.2, 0.25) is 0 Å². The number of hydrogen-bond donors (Lipinski definition) is 0. The van der Waals surface area contributed by atoms with Gasteiger partial charge in [-0.1, -0.05) is 5.21 Å². The number of methoxy groups -OCH3 is 1. The average Bonchev–Trinajstić information content (AvgIpc) is 2.60. The van der Waals surface area contributed by atoms with E-state index in [1.807, 2.05) is 14.1 Å². The topological polar surface area (TPSA) is 67.0 Å². The third-order valence-electron chi connectivity index (χ3n) is 2.20. The average molecular weight is 223 g/mol. The fourth-order valence-corrected chi connectivity index (χ4v) is 1.35. The molecule has 0 aliphatic carbocycles. The van der Waals surface area contributed by atoms with Gasteiger partial charge in [0.1, 0.15) is 5.69 Å². The van der Waals surface area contributed by atoms with E-state index in [9.17, 15) is 0 Å². The van der Waals surface area contributed by atoms with E-state index in [-0.39, 0.29) is 6.42 Å². The molecule has 0 aliphatic heterocycles. The standard InChI is InChI=1S/C10H17N5O/c1-14(2)6-7-15-10(8-16-3)9(4-5-11)12-13-15/h4,6-8H2,1-3H3. The summed E-state index contributed by atoms with van der Waals surface area (Å²) in [6, 6.07) is 2.08. The van der Waals surface area contributed by atoms with E-state index in [4.69, 9.17) is 10.00 Å². The van der Waals surface area contributed by atoms with Crippen molar-refractivity contribution in [3.8, 4) is 6.07 Å². The van der Waals surface area contributed by atoms with Crippen molar-refractivity contribution in [1.82, 2.24) is 19.9 Å². The highest BCUT2D eigenvalue weighted by Crippen LogP contribution is 2.07. The quantitative estimate of drug-likeness (QED) is 0.682. The van der Waals surface area contributed by atoms with E-state index in [0.29, 0.717) is 12.3 Å². The number of rotatable bonds is 6. The first kappa shape index (κ1) is 12.6. The first-order chi connectivity index (χ1) is 7.69. The number of ether oxygens (including phenoxy) is 1. The first-order valence-corrected chi connectivity index (χ1v) is 5.11. The van der Waals surface area contributed by atoms with Crippen LogP contribution in [0.4, 0.5) is 0 Å². The number of nitrogens with zero attached hydrogens (tertiary/aromatic N) is 5. The Morgan fingerprint density at radius 2 is 2.25 bits per heavy atom. The van der Waals surface area contributed by atoms with Gasteiger partial charge in [-0.25, -0.2) is 4.68 Å². The zero-order chi connectivity index (χ0) is 12.0. The van der Waals surface area contributed by atoms with Crippen LogP contribution in [-0.2, 0) is 24.3 Å². The van der Waals surface area contributed by atoms with Crippen LogP contribution in [0.5, 0.6) is 0 Å². The Labute approximate surface area is 95.4 Å². The lowest BCUT2D eigenvalue weighted by molar-refractivity contribution is 0.175. The van der Waals surface area contributed by atoms with Gasteiger partial charge in [0.05, 0.1) is 31.3 Å². The van der Waals surface area contributed by atoms with Gasteiger partial charge in [0.25, 0.3) is 0 Å². The summed E-state index contributed by atoms with van der Waals surface area (Å²) in [4.78, 5) is 2.07. The smallest absolute Gasteiger partial charge is 0.102 e. The van der Waals surface area contributed by atoms with Crippen molar-refractivity contribution >= 4 is 0 Å². The second kappa shape index (κ2) is 6.20. The van der Waals surface area contributed by atoms with Gasteiger partial charge in [0.15, 0.2) is 0 Å². The molecule has 0 bridgehead atoms. The largest absolute Gasteiger partial charge is 0.378 e. The van der Waals surface area contributed by atoms with Crippen molar-refractivity contribution in [1.29, 1.82) is 5.26 Å². The predicted octanol–water partition coefficient (Wildman–Crippen LogP) is 0.0522. The second-order valence-electron chi connectivity index (χ2n) is 3.78. The fraction of sp³-hybridized carbons (Fsp3) is 0.700. The predicted molar refractivity (Wildman–Crippen MR) is 58.6 cm³/mol. The van der Waals surface area contributed by atoms with Crippen molar-refractivity contribution in [2.24, 2.45) is 0 Å². The van der Waals surface area contributed by atoms with Crippen LogP contribution in [0.1, 0.15) is 11.4 Å². The molecule has 16 heavy (non-hydrogen) atoms. The van der Waals surface area contributed by atoms with Crippen molar-refractivity contribution in [2.45, 2.75) is 19.6 Å². The van der Waals surface area contributed by atoms with Gasteiger partial charge in [-0.05, 0) is 14.1 Å². The van der Waals surface area contributed by atoms with E-state index < -0.39 is 0 Å². The zero-order valence-corrected chi connectivity index (χ0v) is 9.97. The highest BCUT2D eigenvalue weighted by molar-refractivity contribution is 5.13. The molecule has 1 heterocycles. The molecule has 0 atom stereocenters. The lowest BCUT2D eigenvalue weighted by Gasteiger charge is -2.11. The summed E-state index contributed by atoms with van der Waals surface area (Å²) in [5.74, 6) is 0. The van der Waals surface area contributed by atoms with Gasteiger partial charge in [-0.3, -0.25) is 0 Å². The van der Waals surface area contributed by atoms with E-state index in [0.717, 1.165) is 18.8 Å². The third kappa shape index (κ3) is 3.29. The van der Waals surface area contributed by atoms with Gasteiger partial charge in [0, 0.05) is 13.7 Å². The van der Waals surface area contributed by atoms with Crippen molar-refractivity contribution in [2.75, 3.05) is 27.7 Å². The highest BCUT2D eigenvalue weighted by Gasteiger charge is 2.12. The summed E-state index contributed by atoms with van der Waals surface area (Å²) < 4.78 is 6.90. The summed E-state index contributed by atoms with van der Waals surface area (Å²) in [5.41, 5.74) is 1.61. The molecular weight excluding hydrogens is 206 g/mol. The van der Waals surface area contributed by atoms with Gasteiger partial charge in [-0.15, -0.1) is 5.10 Å². The van der Waals surface area contributed by atoms with Crippen LogP contribution >= 0.6 is 0 Å². The molecule has 88 valence electrons. The van der Waals surface area contributed by atoms with E-state index in [1.165, 1.54) is 0 Å². The summed E-state index contributed by atoms with van der Waals surface area (Å²) >= 11 is 0. The molecule has 0 saturated heterocycles. The summed E-state index contributed by atoms with van der Waals surface area (Å²) in [7, 11) is 5.63. The van der Waals surface area contributed by atoms with Crippen molar-refractivity contribution < 1.29 is 4.74 Å². The number of nitriles is 1. The number of aromatic nitrogens is 3. The van der Waals surface area contributed by atoms with Crippen LogP contribution in [0, 0.1) is 11.3 Å². The van der Waals surface area contributed by atoms with Crippen LogP contribution in [0.3, 0.4) is 0 Å². The molecule has 6 heteroatoms. The molecule has 0 saturated carbocycles. The Hall–Kier alpha value is -1.45. The van der Waals surface area contributed by atoms with Gasteiger partial charge < -0.3 is 9.64 Å². The normalized spacial score (nSPS) is 10.7. The lowest BCUT2D eigenvalue weighted by Crippen LogP contribution is -2.20. The Bertz CT molecular complexity index is 366. The zero-order valence-electron chi connectivity index (χ0n) is 9.97. The minimum atomic E-state index is 0.278. The minimum Gasteiger partial charge on any atom is -0.378 e. The molecule has 1 aromatic heterocycles. The lowest BCUT2D eigenvalue weighted by atomic mass is 10.2. The summed E-state index contributed by atoms with van der Waals surface area (Å²) in [6.07, 6.45) is 0.278. The van der Waals surface area contributed by atoms with Crippen molar-refractivity contribution in [3.63, 3.8) is 0 Å². The van der Waals surface area contributed by atoms with E-state index >= 15 is 0 Å². The maximum absolute atomic E-state index is 8.66. The van der Waals surface area contributed by atoms with Gasteiger partial charge in [-0.2, -0.15) is 5.26 Å². The SMILES string of the molecule is COCc1c(CC#N)nnn1CCN(C)C. The Kier molecular flexibility index (Phi) is 4.89. The van der Waals surface area contributed by atoms with Crippen LogP contribution in [0.15, 0.2) is 0 Å². The highest BCUT2D eigenvalue weighted by atomic mass is 16.5. The molecule has 6 nitrogen and oxygen atoms in total. The maximum Gasteiger partial charge on any atom is 0.102 e. The fourth-order valence-electron chi connectivity index (χ4n) is 1.35. The molecule has 1 aromatic rings. The molecule has 0 amide bonds. The Balaban J connectivity index is 2.78. The molecule has 0 aliphatic rings. The molecule has 0 unspecified atom stereocenters. The Morgan fingerprint density at radius 1 is 1.50 bits per heavy atom. The van der Waals surface area contributed by atoms with Crippen LogP contribution in [0.2, 0.25) is 0 Å². The van der Waals surface area contributed by atoms with Crippen molar-refractivity contribution in [3.05, 3.63) is 11.4 Å². The number of hydrogen-bond acceptors (Lipinski definition) is 5. The molecule has 0 spiro atoms.